The fourth-order valence-corrected chi connectivity index (χ4v) is 3.21. The predicted octanol–water partition coefficient (Wildman–Crippen LogP) is 2.39. The minimum atomic E-state index is -0.0243. The number of hydrogen-bond acceptors (Lipinski definition) is 4. The second-order valence-corrected chi connectivity index (χ2v) is 7.51. The predicted molar refractivity (Wildman–Crippen MR) is 107 cm³/mol. The van der Waals surface area contributed by atoms with Crippen molar-refractivity contribution in [2.45, 2.75) is 19.8 Å². The molecule has 0 aliphatic carbocycles. The highest BCUT2D eigenvalue weighted by atomic mass is 32.1. The lowest BCUT2D eigenvalue weighted by Gasteiger charge is -2.16. The van der Waals surface area contributed by atoms with Gasteiger partial charge in [0.05, 0.1) is 6.26 Å². The van der Waals surface area contributed by atoms with Crippen molar-refractivity contribution in [2.24, 2.45) is 10.9 Å². The Balaban J connectivity index is 1.84. The summed E-state index contributed by atoms with van der Waals surface area (Å²) in [6.45, 7) is 3.82. The summed E-state index contributed by atoms with van der Waals surface area (Å²) in [7, 11) is 3.47. The van der Waals surface area contributed by atoms with Crippen molar-refractivity contribution in [1.29, 1.82) is 0 Å². The molecule has 2 N–H and O–H groups in total. The zero-order valence-corrected chi connectivity index (χ0v) is 16.5. The number of furan rings is 1. The van der Waals surface area contributed by atoms with Crippen molar-refractivity contribution in [3.8, 4) is 0 Å². The van der Waals surface area contributed by atoms with Crippen molar-refractivity contribution in [1.82, 2.24) is 15.5 Å². The summed E-state index contributed by atoms with van der Waals surface area (Å²) in [4.78, 5) is 19.1. The van der Waals surface area contributed by atoms with E-state index in [0.29, 0.717) is 18.4 Å². The van der Waals surface area contributed by atoms with E-state index in [1.807, 2.05) is 12.1 Å². The van der Waals surface area contributed by atoms with Gasteiger partial charge in [0, 0.05) is 38.5 Å². The van der Waals surface area contributed by atoms with Gasteiger partial charge in [-0.15, -0.1) is 11.3 Å². The molecule has 142 valence electrons. The van der Waals surface area contributed by atoms with Crippen molar-refractivity contribution < 1.29 is 9.21 Å². The zero-order chi connectivity index (χ0) is 18.8. The van der Waals surface area contributed by atoms with Crippen LogP contribution in [-0.2, 0) is 17.6 Å². The van der Waals surface area contributed by atoms with Gasteiger partial charge in [0.15, 0.2) is 5.96 Å². The maximum atomic E-state index is 11.8. The molecular formula is C19H28N4O2S. The van der Waals surface area contributed by atoms with Crippen LogP contribution in [0.2, 0.25) is 0 Å². The van der Waals surface area contributed by atoms with Crippen LogP contribution in [-0.4, -0.2) is 50.5 Å². The summed E-state index contributed by atoms with van der Waals surface area (Å²) in [6, 6.07) is 8.07. The Morgan fingerprint density at radius 1 is 1.31 bits per heavy atom. The van der Waals surface area contributed by atoms with Crippen molar-refractivity contribution in [3.63, 3.8) is 0 Å². The maximum absolute atomic E-state index is 11.8. The number of amides is 1. The molecule has 1 amide bonds. The Bertz CT molecular complexity index is 666. The number of carbonyl (C=O) groups excluding carboxylic acids is 1. The fraction of sp³-hybridized carbons (Fsp3) is 0.474. The maximum Gasteiger partial charge on any atom is 0.243 e. The molecular weight excluding hydrogens is 348 g/mol. The average Bonchev–Trinajstić information content (AvgIpc) is 3.30. The number of carbonyl (C=O) groups is 1. The minimum Gasteiger partial charge on any atom is -0.469 e. The van der Waals surface area contributed by atoms with Gasteiger partial charge in [0.25, 0.3) is 0 Å². The van der Waals surface area contributed by atoms with Gasteiger partial charge in [-0.1, -0.05) is 13.0 Å². The lowest BCUT2D eigenvalue weighted by molar-refractivity contribution is -0.127. The molecule has 2 aromatic rings. The molecule has 0 aromatic carbocycles. The molecule has 6 nitrogen and oxygen atoms in total. The van der Waals surface area contributed by atoms with E-state index in [2.05, 4.69) is 40.1 Å². The number of aliphatic imine (C=N–C) groups is 1. The minimum absolute atomic E-state index is 0.0243. The number of nitrogens with one attached hydrogen (secondary N) is 2. The Labute approximate surface area is 159 Å². The first-order valence-electron chi connectivity index (χ1n) is 8.81. The van der Waals surface area contributed by atoms with E-state index in [0.717, 1.165) is 25.1 Å². The molecule has 0 bridgehead atoms. The highest BCUT2D eigenvalue weighted by Crippen LogP contribution is 2.13. The topological polar surface area (TPSA) is 69.9 Å². The fourth-order valence-electron chi connectivity index (χ4n) is 2.34. The Hall–Kier alpha value is -2.28. The Morgan fingerprint density at radius 2 is 2.15 bits per heavy atom. The van der Waals surface area contributed by atoms with Crippen molar-refractivity contribution in [2.75, 3.05) is 33.7 Å². The van der Waals surface area contributed by atoms with Gasteiger partial charge in [0.1, 0.15) is 12.3 Å². The monoisotopic (exact) mass is 376 g/mol. The summed E-state index contributed by atoms with van der Waals surface area (Å²) in [5.74, 6) is 2.02. The normalized spacial score (nSPS) is 12.7. The van der Waals surface area contributed by atoms with E-state index in [1.165, 1.54) is 4.88 Å². The lowest BCUT2D eigenvalue weighted by Crippen LogP contribution is -2.41. The molecule has 0 aliphatic rings. The molecule has 2 rings (SSSR count). The third-order valence-corrected chi connectivity index (χ3v) is 4.76. The zero-order valence-electron chi connectivity index (χ0n) is 15.7. The largest absolute Gasteiger partial charge is 0.469 e. The average molecular weight is 377 g/mol. The molecule has 1 unspecified atom stereocenters. The van der Waals surface area contributed by atoms with Crippen LogP contribution in [0.4, 0.5) is 0 Å². The van der Waals surface area contributed by atoms with Crippen LogP contribution >= 0.6 is 11.3 Å². The first-order valence-corrected chi connectivity index (χ1v) is 9.69. The smallest absolute Gasteiger partial charge is 0.243 e. The number of likely N-dealkylation sites (N-methyl/N-ethyl adjacent to an activating group) is 1. The molecule has 0 saturated heterocycles. The second kappa shape index (κ2) is 10.7. The first kappa shape index (κ1) is 20.0. The van der Waals surface area contributed by atoms with Crippen LogP contribution < -0.4 is 10.6 Å². The third-order valence-electron chi connectivity index (χ3n) is 3.86. The number of rotatable bonds is 9. The molecule has 0 spiro atoms. The summed E-state index contributed by atoms with van der Waals surface area (Å²) >= 11 is 1.78. The van der Waals surface area contributed by atoms with Gasteiger partial charge in [-0.3, -0.25) is 4.79 Å². The SMILES string of the molecule is CC(CNC(=NCC(=O)N(C)C)NCCc1ccco1)Cc1cccs1. The number of thiophene rings is 1. The molecule has 7 heteroatoms. The number of nitrogens with zero attached hydrogens (tertiary/aromatic N) is 2. The molecule has 26 heavy (non-hydrogen) atoms. The molecule has 2 aromatic heterocycles. The number of guanidine groups is 1. The van der Waals surface area contributed by atoms with E-state index in [-0.39, 0.29) is 12.5 Å². The third kappa shape index (κ3) is 7.31. The van der Waals surface area contributed by atoms with Gasteiger partial charge in [-0.25, -0.2) is 4.99 Å². The Morgan fingerprint density at radius 3 is 2.81 bits per heavy atom. The van der Waals surface area contributed by atoms with Crippen LogP contribution in [0.25, 0.3) is 0 Å². The molecule has 0 aliphatic heterocycles. The van der Waals surface area contributed by atoms with Gasteiger partial charge in [-0.05, 0) is 35.9 Å². The molecule has 2 heterocycles. The van der Waals surface area contributed by atoms with Gasteiger partial charge in [-0.2, -0.15) is 0 Å². The van der Waals surface area contributed by atoms with Crippen LogP contribution in [0, 0.1) is 5.92 Å². The van der Waals surface area contributed by atoms with Crippen molar-refractivity contribution >= 4 is 23.2 Å². The summed E-state index contributed by atoms with van der Waals surface area (Å²) in [5.41, 5.74) is 0. The first-order chi connectivity index (χ1) is 12.5. The van der Waals surface area contributed by atoms with E-state index < -0.39 is 0 Å². The molecule has 0 radical (unpaired) electrons. The van der Waals surface area contributed by atoms with Gasteiger partial charge >= 0.3 is 0 Å². The van der Waals surface area contributed by atoms with E-state index in [4.69, 9.17) is 4.42 Å². The standard InChI is InChI=1S/C19H28N4O2S/c1-15(12-17-7-5-11-26-17)13-21-19(22-14-18(24)23(2)3)20-9-8-16-6-4-10-25-16/h4-7,10-11,15H,8-9,12-14H2,1-3H3,(H2,20,21,22). The van der Waals surface area contributed by atoms with E-state index in [1.54, 1.807) is 36.6 Å². The Kier molecular flexibility index (Phi) is 8.21. The molecule has 0 fully saturated rings. The van der Waals surface area contributed by atoms with Crippen molar-refractivity contribution in [3.05, 3.63) is 46.5 Å². The second-order valence-electron chi connectivity index (χ2n) is 6.48. The summed E-state index contributed by atoms with van der Waals surface area (Å²) in [6.07, 6.45) is 3.46. The van der Waals surface area contributed by atoms with Crippen LogP contribution in [0.5, 0.6) is 0 Å². The highest BCUT2D eigenvalue weighted by Gasteiger charge is 2.08. The quantitative estimate of drug-likeness (QED) is 0.521. The van der Waals surface area contributed by atoms with Crippen LogP contribution in [0.15, 0.2) is 45.3 Å². The van der Waals surface area contributed by atoms with E-state index in [9.17, 15) is 4.79 Å². The lowest BCUT2D eigenvalue weighted by atomic mass is 10.1. The summed E-state index contributed by atoms with van der Waals surface area (Å²) < 4.78 is 5.34. The van der Waals surface area contributed by atoms with E-state index >= 15 is 0 Å². The number of hydrogen-bond donors (Lipinski definition) is 2. The van der Waals surface area contributed by atoms with Gasteiger partial charge < -0.3 is 20.0 Å². The van der Waals surface area contributed by atoms with Crippen LogP contribution in [0.3, 0.4) is 0 Å². The summed E-state index contributed by atoms with van der Waals surface area (Å²) in [5, 5.41) is 8.73. The highest BCUT2D eigenvalue weighted by molar-refractivity contribution is 7.09. The molecule has 1 atom stereocenters. The molecule has 0 saturated carbocycles. The van der Waals surface area contributed by atoms with Gasteiger partial charge in [0.2, 0.25) is 5.91 Å². The van der Waals surface area contributed by atoms with Crippen LogP contribution in [0.1, 0.15) is 17.6 Å².